The molecule has 2 amide bonds. The summed E-state index contributed by atoms with van der Waals surface area (Å²) in [6.07, 6.45) is 9.38. The molecule has 1 aromatic heterocycles. The summed E-state index contributed by atoms with van der Waals surface area (Å²) < 4.78 is 2.26. The van der Waals surface area contributed by atoms with Crippen molar-refractivity contribution in [2.45, 2.75) is 69.9 Å². The van der Waals surface area contributed by atoms with Gasteiger partial charge in [0, 0.05) is 38.0 Å². The van der Waals surface area contributed by atoms with Gasteiger partial charge in [-0.15, -0.1) is 10.2 Å². The normalized spacial score (nSPS) is 23.0. The van der Waals surface area contributed by atoms with Gasteiger partial charge >= 0.3 is 6.03 Å². The predicted octanol–water partition coefficient (Wildman–Crippen LogP) is 2.06. The van der Waals surface area contributed by atoms with Crippen LogP contribution in [0.1, 0.15) is 62.5 Å². The molecule has 6 heteroatoms. The maximum Gasteiger partial charge on any atom is 0.317 e. The van der Waals surface area contributed by atoms with Gasteiger partial charge in [-0.05, 0) is 25.7 Å². The molecule has 1 aromatic rings. The summed E-state index contributed by atoms with van der Waals surface area (Å²) in [5.41, 5.74) is 0. The van der Waals surface area contributed by atoms with E-state index in [2.05, 4.69) is 20.1 Å². The van der Waals surface area contributed by atoms with Gasteiger partial charge in [-0.2, -0.15) is 0 Å². The second-order valence-electron chi connectivity index (χ2n) is 6.92. The Morgan fingerprint density at radius 3 is 2.59 bits per heavy atom. The number of hydrogen-bond acceptors (Lipinski definition) is 3. The molecule has 120 valence electrons. The van der Waals surface area contributed by atoms with Gasteiger partial charge in [-0.1, -0.05) is 19.3 Å². The van der Waals surface area contributed by atoms with E-state index in [9.17, 15) is 4.79 Å². The van der Waals surface area contributed by atoms with Crippen LogP contribution < -0.4 is 5.32 Å². The highest BCUT2D eigenvalue weighted by atomic mass is 16.2. The van der Waals surface area contributed by atoms with E-state index in [0.29, 0.717) is 12.0 Å². The van der Waals surface area contributed by atoms with Crippen molar-refractivity contribution in [3.8, 4) is 0 Å². The van der Waals surface area contributed by atoms with Gasteiger partial charge in [0.25, 0.3) is 0 Å². The molecule has 2 heterocycles. The minimum atomic E-state index is 0.110. The Morgan fingerprint density at radius 1 is 1.00 bits per heavy atom. The van der Waals surface area contributed by atoms with Crippen LogP contribution in [0, 0.1) is 0 Å². The molecule has 2 saturated carbocycles. The molecule has 0 unspecified atom stereocenters. The van der Waals surface area contributed by atoms with Crippen molar-refractivity contribution in [3.63, 3.8) is 0 Å². The van der Waals surface area contributed by atoms with E-state index in [0.717, 1.165) is 50.5 Å². The van der Waals surface area contributed by atoms with Gasteiger partial charge in [0.05, 0.1) is 0 Å². The molecule has 0 radical (unpaired) electrons. The smallest absolute Gasteiger partial charge is 0.317 e. The van der Waals surface area contributed by atoms with E-state index in [1.807, 2.05) is 4.90 Å². The largest absolute Gasteiger partial charge is 0.335 e. The fourth-order valence-corrected chi connectivity index (χ4v) is 3.70. The summed E-state index contributed by atoms with van der Waals surface area (Å²) in [7, 11) is 0. The van der Waals surface area contributed by atoms with Gasteiger partial charge in [-0.3, -0.25) is 0 Å². The number of hydrogen-bond donors (Lipinski definition) is 1. The zero-order valence-corrected chi connectivity index (χ0v) is 13.1. The number of nitrogens with one attached hydrogen (secondary N) is 1. The zero-order chi connectivity index (χ0) is 14.9. The molecule has 0 bridgehead atoms. The van der Waals surface area contributed by atoms with Gasteiger partial charge in [0.2, 0.25) is 0 Å². The Balaban J connectivity index is 1.37. The lowest BCUT2D eigenvalue weighted by Crippen LogP contribution is -2.46. The van der Waals surface area contributed by atoms with Crippen LogP contribution in [-0.4, -0.2) is 44.8 Å². The summed E-state index contributed by atoms with van der Waals surface area (Å²) in [4.78, 5) is 14.5. The highest BCUT2D eigenvalue weighted by Crippen LogP contribution is 2.39. The molecule has 2 aliphatic carbocycles. The van der Waals surface area contributed by atoms with E-state index >= 15 is 0 Å². The SMILES string of the molecule is O=C(NC1CCCCC1)N1CCc2nnc(C3CC3)n2CC1. The number of amides is 2. The first kappa shape index (κ1) is 14.0. The summed E-state index contributed by atoms with van der Waals surface area (Å²) >= 11 is 0. The average Bonchev–Trinajstić information content (AvgIpc) is 3.33. The van der Waals surface area contributed by atoms with E-state index in [4.69, 9.17) is 0 Å². The number of rotatable bonds is 2. The summed E-state index contributed by atoms with van der Waals surface area (Å²) in [5.74, 6) is 2.81. The maximum atomic E-state index is 12.5. The molecule has 0 atom stereocenters. The van der Waals surface area contributed by atoms with E-state index in [1.54, 1.807) is 0 Å². The van der Waals surface area contributed by atoms with E-state index in [-0.39, 0.29) is 6.03 Å². The number of carbonyl (C=O) groups excluding carboxylic acids is 1. The molecule has 0 saturated heterocycles. The van der Waals surface area contributed by atoms with Gasteiger partial charge < -0.3 is 14.8 Å². The molecular formula is C16H25N5O. The van der Waals surface area contributed by atoms with Crippen molar-refractivity contribution in [3.05, 3.63) is 11.6 Å². The van der Waals surface area contributed by atoms with Crippen LogP contribution in [0.15, 0.2) is 0 Å². The Kier molecular flexibility index (Phi) is 3.76. The Labute approximate surface area is 131 Å². The van der Waals surface area contributed by atoms with Gasteiger partial charge in [-0.25, -0.2) is 4.79 Å². The third-order valence-electron chi connectivity index (χ3n) is 5.22. The second kappa shape index (κ2) is 5.89. The van der Waals surface area contributed by atoms with Crippen molar-refractivity contribution >= 4 is 6.03 Å². The van der Waals surface area contributed by atoms with Crippen LogP contribution in [0.25, 0.3) is 0 Å². The third kappa shape index (κ3) is 2.83. The highest BCUT2D eigenvalue weighted by Gasteiger charge is 2.31. The summed E-state index contributed by atoms with van der Waals surface area (Å²) in [5, 5.41) is 11.9. The number of nitrogens with zero attached hydrogens (tertiary/aromatic N) is 4. The second-order valence-corrected chi connectivity index (χ2v) is 6.92. The van der Waals surface area contributed by atoms with E-state index < -0.39 is 0 Å². The van der Waals surface area contributed by atoms with Gasteiger partial charge in [0.1, 0.15) is 11.6 Å². The van der Waals surface area contributed by atoms with Crippen LogP contribution in [0.2, 0.25) is 0 Å². The highest BCUT2D eigenvalue weighted by molar-refractivity contribution is 5.74. The fraction of sp³-hybridized carbons (Fsp3) is 0.812. The molecule has 22 heavy (non-hydrogen) atoms. The minimum Gasteiger partial charge on any atom is -0.335 e. The van der Waals surface area contributed by atoms with Crippen molar-refractivity contribution in [2.75, 3.05) is 13.1 Å². The Morgan fingerprint density at radius 2 is 1.82 bits per heavy atom. The number of carbonyl (C=O) groups is 1. The van der Waals surface area contributed by atoms with E-state index in [1.165, 1.54) is 32.1 Å². The lowest BCUT2D eigenvalue weighted by atomic mass is 9.96. The van der Waals surface area contributed by atoms with Crippen LogP contribution in [0.3, 0.4) is 0 Å². The molecule has 3 aliphatic rings. The third-order valence-corrected chi connectivity index (χ3v) is 5.22. The maximum absolute atomic E-state index is 12.5. The van der Waals surface area contributed by atoms with Crippen molar-refractivity contribution in [1.29, 1.82) is 0 Å². The topological polar surface area (TPSA) is 63.1 Å². The first-order valence-corrected chi connectivity index (χ1v) is 8.78. The molecule has 1 N–H and O–H groups in total. The standard InChI is InChI=1S/C16H25N5O/c22-16(17-13-4-2-1-3-5-13)20-9-8-14-18-19-15(12-6-7-12)21(14)11-10-20/h12-13H,1-11H2,(H,17,22). The van der Waals surface area contributed by atoms with Crippen molar-refractivity contribution < 1.29 is 4.79 Å². The Bertz CT molecular complexity index is 545. The first-order chi connectivity index (χ1) is 10.8. The van der Waals surface area contributed by atoms with Crippen LogP contribution in [-0.2, 0) is 13.0 Å². The zero-order valence-electron chi connectivity index (χ0n) is 13.1. The van der Waals surface area contributed by atoms with Gasteiger partial charge in [0.15, 0.2) is 0 Å². The number of urea groups is 1. The average molecular weight is 303 g/mol. The van der Waals surface area contributed by atoms with Crippen LogP contribution in [0.5, 0.6) is 0 Å². The van der Waals surface area contributed by atoms with Crippen molar-refractivity contribution in [2.24, 2.45) is 0 Å². The predicted molar refractivity (Wildman–Crippen MR) is 82.7 cm³/mol. The molecule has 2 fully saturated rings. The first-order valence-electron chi connectivity index (χ1n) is 8.78. The minimum absolute atomic E-state index is 0.110. The lowest BCUT2D eigenvalue weighted by Gasteiger charge is -2.27. The molecular weight excluding hydrogens is 278 g/mol. The monoisotopic (exact) mass is 303 g/mol. The molecule has 6 nitrogen and oxygen atoms in total. The van der Waals surface area contributed by atoms with Crippen LogP contribution in [0.4, 0.5) is 4.79 Å². The number of aromatic nitrogens is 3. The summed E-state index contributed by atoms with van der Waals surface area (Å²) in [6, 6.07) is 0.490. The van der Waals surface area contributed by atoms with Crippen molar-refractivity contribution in [1.82, 2.24) is 25.0 Å². The fourth-order valence-electron chi connectivity index (χ4n) is 3.70. The number of fused-ring (bicyclic) bond motifs is 1. The van der Waals surface area contributed by atoms with Crippen LogP contribution >= 0.6 is 0 Å². The lowest BCUT2D eigenvalue weighted by molar-refractivity contribution is 0.191. The molecule has 4 rings (SSSR count). The quantitative estimate of drug-likeness (QED) is 0.909. The molecule has 0 spiro atoms. The molecule has 0 aromatic carbocycles. The molecule has 1 aliphatic heterocycles. The Hall–Kier alpha value is -1.59. The summed E-state index contributed by atoms with van der Waals surface area (Å²) in [6.45, 7) is 2.36.